The van der Waals surface area contributed by atoms with Crippen LogP contribution in [-0.2, 0) is 20.0 Å². The Kier molecular flexibility index (Phi) is 4.83. The van der Waals surface area contributed by atoms with Gasteiger partial charge >= 0.3 is 0 Å². The van der Waals surface area contributed by atoms with E-state index < -0.39 is 0 Å². The number of aromatic nitrogens is 3. The van der Waals surface area contributed by atoms with Crippen molar-refractivity contribution in [1.29, 1.82) is 0 Å². The zero-order valence-corrected chi connectivity index (χ0v) is 15.3. The maximum Gasteiger partial charge on any atom is 0.131 e. The summed E-state index contributed by atoms with van der Waals surface area (Å²) in [5, 5.41) is 9.74. The van der Waals surface area contributed by atoms with Gasteiger partial charge < -0.3 is 15.0 Å². The molecule has 0 fully saturated rings. The van der Waals surface area contributed by atoms with Crippen LogP contribution >= 0.6 is 11.6 Å². The third kappa shape index (κ3) is 3.14. The minimum atomic E-state index is 0.702. The number of aryl methyl sites for hydroxylation is 3. The summed E-state index contributed by atoms with van der Waals surface area (Å²) in [4.78, 5) is 3.44. The standard InChI is InChI=1S/C18H23ClN4O/c1-11-14(15-9-13(24-4)5-6-17(15)21-11)7-8-20-10-16-12(2)22-23(3)18(16)19/h5-6,9,20-21H,7-8,10H2,1-4H3. The van der Waals surface area contributed by atoms with Gasteiger partial charge in [-0.25, -0.2) is 0 Å². The van der Waals surface area contributed by atoms with Gasteiger partial charge in [0.15, 0.2) is 0 Å². The first-order valence-electron chi connectivity index (χ1n) is 8.05. The van der Waals surface area contributed by atoms with E-state index in [4.69, 9.17) is 16.3 Å². The second-order valence-electron chi connectivity index (χ2n) is 6.05. The molecule has 5 nitrogen and oxygen atoms in total. The van der Waals surface area contributed by atoms with Crippen molar-refractivity contribution in [2.45, 2.75) is 26.8 Å². The molecule has 0 aliphatic heterocycles. The van der Waals surface area contributed by atoms with Crippen LogP contribution in [-0.4, -0.2) is 28.4 Å². The smallest absolute Gasteiger partial charge is 0.131 e. The van der Waals surface area contributed by atoms with E-state index in [2.05, 4.69) is 34.5 Å². The number of ether oxygens (including phenoxy) is 1. The largest absolute Gasteiger partial charge is 0.497 e. The average molecular weight is 347 g/mol. The normalized spacial score (nSPS) is 11.4. The first-order valence-corrected chi connectivity index (χ1v) is 8.43. The number of methoxy groups -OCH3 is 1. The van der Waals surface area contributed by atoms with Gasteiger partial charge in [-0.3, -0.25) is 4.68 Å². The Labute approximate surface area is 147 Å². The molecule has 0 bridgehead atoms. The summed E-state index contributed by atoms with van der Waals surface area (Å²) < 4.78 is 7.06. The molecule has 0 saturated heterocycles. The Morgan fingerprint density at radius 2 is 2.08 bits per heavy atom. The van der Waals surface area contributed by atoms with Crippen LogP contribution in [0, 0.1) is 13.8 Å². The van der Waals surface area contributed by atoms with Crippen LogP contribution in [0.25, 0.3) is 10.9 Å². The fraction of sp³-hybridized carbons (Fsp3) is 0.389. The van der Waals surface area contributed by atoms with Crippen molar-refractivity contribution in [3.05, 3.63) is 45.9 Å². The number of rotatable bonds is 6. The molecule has 2 N–H and O–H groups in total. The molecule has 3 aromatic rings. The van der Waals surface area contributed by atoms with Crippen LogP contribution in [0.2, 0.25) is 5.15 Å². The molecule has 0 unspecified atom stereocenters. The van der Waals surface area contributed by atoms with Crippen LogP contribution < -0.4 is 10.1 Å². The minimum absolute atomic E-state index is 0.702. The third-order valence-electron chi connectivity index (χ3n) is 4.45. The van der Waals surface area contributed by atoms with Gasteiger partial charge in [0.25, 0.3) is 0 Å². The zero-order valence-electron chi connectivity index (χ0n) is 14.5. The highest BCUT2D eigenvalue weighted by Crippen LogP contribution is 2.26. The van der Waals surface area contributed by atoms with Crippen LogP contribution in [0.4, 0.5) is 0 Å². The van der Waals surface area contributed by atoms with E-state index in [-0.39, 0.29) is 0 Å². The van der Waals surface area contributed by atoms with Crippen molar-refractivity contribution >= 4 is 22.5 Å². The molecule has 0 radical (unpaired) electrons. The van der Waals surface area contributed by atoms with E-state index in [1.807, 2.05) is 20.0 Å². The highest BCUT2D eigenvalue weighted by atomic mass is 35.5. The highest BCUT2D eigenvalue weighted by Gasteiger charge is 2.12. The second-order valence-corrected chi connectivity index (χ2v) is 6.40. The summed E-state index contributed by atoms with van der Waals surface area (Å²) in [6.07, 6.45) is 0.940. The van der Waals surface area contributed by atoms with Gasteiger partial charge in [0, 0.05) is 35.8 Å². The number of fused-ring (bicyclic) bond motifs is 1. The lowest BCUT2D eigenvalue weighted by atomic mass is 10.1. The summed E-state index contributed by atoms with van der Waals surface area (Å²) >= 11 is 6.27. The molecular formula is C18H23ClN4O. The van der Waals surface area contributed by atoms with Crippen molar-refractivity contribution in [3.63, 3.8) is 0 Å². The first kappa shape index (κ1) is 16.9. The number of nitrogens with one attached hydrogen (secondary N) is 2. The predicted octanol–water partition coefficient (Wildman–Crippen LogP) is 3.51. The van der Waals surface area contributed by atoms with Gasteiger partial charge in [-0.05, 0) is 50.6 Å². The monoisotopic (exact) mass is 346 g/mol. The van der Waals surface area contributed by atoms with Crippen LogP contribution in [0.1, 0.15) is 22.5 Å². The Hall–Kier alpha value is -1.98. The summed E-state index contributed by atoms with van der Waals surface area (Å²) in [6.45, 7) is 5.70. The molecule has 0 aliphatic carbocycles. The SMILES string of the molecule is COc1ccc2[nH]c(C)c(CCNCc3c(C)nn(C)c3Cl)c2c1. The van der Waals surface area contributed by atoms with E-state index >= 15 is 0 Å². The van der Waals surface area contributed by atoms with E-state index in [9.17, 15) is 0 Å². The van der Waals surface area contributed by atoms with Crippen LogP contribution in [0.3, 0.4) is 0 Å². The molecule has 3 rings (SSSR count). The van der Waals surface area contributed by atoms with Gasteiger partial charge in [-0.2, -0.15) is 5.10 Å². The molecule has 24 heavy (non-hydrogen) atoms. The second kappa shape index (κ2) is 6.87. The molecule has 0 spiro atoms. The molecule has 0 saturated carbocycles. The van der Waals surface area contributed by atoms with Gasteiger partial charge in [0.1, 0.15) is 10.9 Å². The summed E-state index contributed by atoms with van der Waals surface area (Å²) in [7, 11) is 3.56. The Balaban J connectivity index is 1.68. The molecule has 0 amide bonds. The number of benzene rings is 1. The lowest BCUT2D eigenvalue weighted by Gasteiger charge is -2.06. The third-order valence-corrected chi connectivity index (χ3v) is 4.92. The predicted molar refractivity (Wildman–Crippen MR) is 98.0 cm³/mol. The number of halogens is 1. The summed E-state index contributed by atoms with van der Waals surface area (Å²) in [5.41, 5.74) is 5.72. The van der Waals surface area contributed by atoms with Crippen molar-refractivity contribution in [3.8, 4) is 5.75 Å². The Morgan fingerprint density at radius 1 is 1.29 bits per heavy atom. The Bertz CT molecular complexity index is 866. The van der Waals surface area contributed by atoms with Gasteiger partial charge in [-0.15, -0.1) is 0 Å². The molecule has 2 aromatic heterocycles. The van der Waals surface area contributed by atoms with Crippen molar-refractivity contribution in [2.24, 2.45) is 7.05 Å². The molecule has 1 aromatic carbocycles. The fourth-order valence-corrected chi connectivity index (χ4v) is 3.35. The van der Waals surface area contributed by atoms with E-state index in [1.54, 1.807) is 11.8 Å². The lowest BCUT2D eigenvalue weighted by molar-refractivity contribution is 0.415. The number of hydrogen-bond acceptors (Lipinski definition) is 3. The number of nitrogens with zero attached hydrogens (tertiary/aromatic N) is 2. The molecule has 128 valence electrons. The first-order chi connectivity index (χ1) is 11.5. The number of H-pyrrole nitrogens is 1. The molecule has 0 aliphatic rings. The maximum absolute atomic E-state index is 6.27. The van der Waals surface area contributed by atoms with Crippen molar-refractivity contribution in [1.82, 2.24) is 20.1 Å². The topological polar surface area (TPSA) is 54.9 Å². The summed E-state index contributed by atoms with van der Waals surface area (Å²) in [5.74, 6) is 0.883. The van der Waals surface area contributed by atoms with Crippen LogP contribution in [0.15, 0.2) is 18.2 Å². The average Bonchev–Trinajstić information content (AvgIpc) is 3.00. The zero-order chi connectivity index (χ0) is 17.3. The van der Waals surface area contributed by atoms with E-state index in [0.29, 0.717) is 5.15 Å². The highest BCUT2D eigenvalue weighted by molar-refractivity contribution is 6.30. The number of hydrogen-bond donors (Lipinski definition) is 2. The Morgan fingerprint density at radius 3 is 2.75 bits per heavy atom. The molecule has 2 heterocycles. The van der Waals surface area contributed by atoms with E-state index in [0.717, 1.165) is 42.0 Å². The quantitative estimate of drug-likeness (QED) is 0.671. The summed E-state index contributed by atoms with van der Waals surface area (Å²) in [6, 6.07) is 6.14. The molecule has 0 atom stereocenters. The van der Waals surface area contributed by atoms with Gasteiger partial charge in [0.2, 0.25) is 0 Å². The molecule has 6 heteroatoms. The fourth-order valence-electron chi connectivity index (χ4n) is 3.11. The number of aromatic amines is 1. The maximum atomic E-state index is 6.27. The van der Waals surface area contributed by atoms with Gasteiger partial charge in [-0.1, -0.05) is 11.6 Å². The van der Waals surface area contributed by atoms with Crippen molar-refractivity contribution in [2.75, 3.05) is 13.7 Å². The van der Waals surface area contributed by atoms with Crippen LogP contribution in [0.5, 0.6) is 5.75 Å². The van der Waals surface area contributed by atoms with Crippen molar-refractivity contribution < 1.29 is 4.74 Å². The minimum Gasteiger partial charge on any atom is -0.497 e. The van der Waals surface area contributed by atoms with E-state index in [1.165, 1.54) is 16.6 Å². The molecular weight excluding hydrogens is 324 g/mol. The lowest BCUT2D eigenvalue weighted by Crippen LogP contribution is -2.17. The van der Waals surface area contributed by atoms with Gasteiger partial charge in [0.05, 0.1) is 12.8 Å².